The fraction of sp³-hybridized carbons (Fsp3) is 0.333. The Balaban J connectivity index is 2.31. The maximum atomic E-state index is 12.0. The summed E-state index contributed by atoms with van der Waals surface area (Å²) in [5.74, 6) is -0.183. The summed E-state index contributed by atoms with van der Waals surface area (Å²) in [7, 11) is -4.61. The molecule has 0 amide bonds. The van der Waals surface area contributed by atoms with Crippen molar-refractivity contribution in [2.75, 3.05) is 0 Å². The minimum Gasteiger partial charge on any atom is -0.507 e. The molecule has 0 saturated carbocycles. The van der Waals surface area contributed by atoms with Gasteiger partial charge in [-0.25, -0.2) is 0 Å². The summed E-state index contributed by atoms with van der Waals surface area (Å²) in [6.45, 7) is 8.05. The van der Waals surface area contributed by atoms with Crippen molar-refractivity contribution in [1.29, 1.82) is 0 Å². The minimum absolute atomic E-state index is 0.233. The maximum Gasteiger partial charge on any atom is 0.298 e. The summed E-state index contributed by atoms with van der Waals surface area (Å²) in [6.07, 6.45) is 2.65. The summed E-state index contributed by atoms with van der Waals surface area (Å²) >= 11 is 0. The number of aromatic hydroxyl groups is 2. The number of benzene rings is 3. The molecule has 0 unspecified atom stereocenters. The van der Waals surface area contributed by atoms with Crippen LogP contribution in [0.2, 0.25) is 0 Å². The quantitative estimate of drug-likeness (QED) is 0.340. The highest BCUT2D eigenvalue weighted by Crippen LogP contribution is 2.43. The molecular formula is C27H32O5S. The van der Waals surface area contributed by atoms with Crippen molar-refractivity contribution in [3.8, 4) is 22.6 Å². The van der Waals surface area contributed by atoms with Crippen LogP contribution in [0.4, 0.5) is 0 Å². The van der Waals surface area contributed by atoms with Crippen molar-refractivity contribution >= 4 is 10.1 Å². The van der Waals surface area contributed by atoms with E-state index in [0.717, 1.165) is 28.7 Å². The molecular weight excluding hydrogens is 436 g/mol. The van der Waals surface area contributed by atoms with Gasteiger partial charge in [-0.1, -0.05) is 70.9 Å². The van der Waals surface area contributed by atoms with Crippen LogP contribution in [-0.4, -0.2) is 23.2 Å². The molecule has 0 aliphatic heterocycles. The second-order valence-electron chi connectivity index (χ2n) is 8.98. The van der Waals surface area contributed by atoms with E-state index in [9.17, 15) is 23.2 Å². The van der Waals surface area contributed by atoms with Gasteiger partial charge in [-0.3, -0.25) is 4.55 Å². The maximum absolute atomic E-state index is 12.0. The molecule has 176 valence electrons. The van der Waals surface area contributed by atoms with Gasteiger partial charge in [0.25, 0.3) is 10.1 Å². The summed E-state index contributed by atoms with van der Waals surface area (Å²) in [4.78, 5) is -0.502. The lowest BCUT2D eigenvalue weighted by Gasteiger charge is -2.29. The molecule has 0 bridgehead atoms. The second-order valence-corrected chi connectivity index (χ2v) is 10.4. The molecule has 6 heteroatoms. The Morgan fingerprint density at radius 1 is 0.788 bits per heavy atom. The molecule has 0 aromatic heterocycles. The fourth-order valence-corrected chi connectivity index (χ4v) is 4.95. The predicted octanol–water partition coefficient (Wildman–Crippen LogP) is 6.24. The lowest BCUT2D eigenvalue weighted by molar-refractivity contribution is 0.437. The van der Waals surface area contributed by atoms with E-state index < -0.39 is 26.2 Å². The molecule has 0 spiro atoms. The van der Waals surface area contributed by atoms with E-state index in [1.807, 2.05) is 70.2 Å². The van der Waals surface area contributed by atoms with E-state index in [1.165, 1.54) is 6.07 Å². The van der Waals surface area contributed by atoms with Gasteiger partial charge >= 0.3 is 0 Å². The summed E-state index contributed by atoms with van der Waals surface area (Å²) in [6, 6.07) is 16.7. The molecule has 0 aliphatic carbocycles. The second kappa shape index (κ2) is 9.57. The molecule has 3 aromatic carbocycles. The number of phenols is 2. The zero-order chi connectivity index (χ0) is 24.4. The first kappa shape index (κ1) is 24.8. The zero-order valence-electron chi connectivity index (χ0n) is 19.6. The van der Waals surface area contributed by atoms with Crippen LogP contribution in [0, 0.1) is 0 Å². The normalized spacial score (nSPS) is 12.2. The average Bonchev–Trinajstić information content (AvgIpc) is 2.76. The van der Waals surface area contributed by atoms with Crippen molar-refractivity contribution in [2.24, 2.45) is 0 Å². The summed E-state index contributed by atoms with van der Waals surface area (Å²) in [5.41, 5.74) is 3.76. The van der Waals surface area contributed by atoms with Crippen LogP contribution in [0.1, 0.15) is 62.8 Å². The third-order valence-electron chi connectivity index (χ3n) is 6.16. The van der Waals surface area contributed by atoms with Gasteiger partial charge < -0.3 is 10.2 Å². The van der Waals surface area contributed by atoms with Gasteiger partial charge in [0, 0.05) is 11.0 Å². The highest BCUT2D eigenvalue weighted by atomic mass is 32.2. The van der Waals surface area contributed by atoms with Gasteiger partial charge in [-0.15, -0.1) is 0 Å². The van der Waals surface area contributed by atoms with E-state index in [-0.39, 0.29) is 5.75 Å². The van der Waals surface area contributed by atoms with Crippen molar-refractivity contribution in [1.82, 2.24) is 0 Å². The van der Waals surface area contributed by atoms with Crippen molar-refractivity contribution in [3.05, 3.63) is 76.9 Å². The molecule has 0 heterocycles. The smallest absolute Gasteiger partial charge is 0.298 e. The third kappa shape index (κ3) is 5.07. The highest BCUT2D eigenvalue weighted by molar-refractivity contribution is 7.86. The first-order valence-corrected chi connectivity index (χ1v) is 12.7. The van der Waals surface area contributed by atoms with Gasteiger partial charge in [-0.2, -0.15) is 8.42 Å². The number of hydrogen-bond acceptors (Lipinski definition) is 4. The molecule has 5 nitrogen and oxygen atoms in total. The number of aryl methyl sites for hydroxylation is 2. The molecule has 0 radical (unpaired) electrons. The SMILES string of the molecule is CCCc1cc(-c2cc(CCC)c(O)c(S(=O)(=O)O)c2)cc(C(C)(C)c2ccccc2)c1O. The van der Waals surface area contributed by atoms with Crippen molar-refractivity contribution in [3.63, 3.8) is 0 Å². The lowest BCUT2D eigenvalue weighted by Crippen LogP contribution is -2.19. The van der Waals surface area contributed by atoms with Crippen molar-refractivity contribution in [2.45, 2.75) is 63.7 Å². The monoisotopic (exact) mass is 468 g/mol. The van der Waals surface area contributed by atoms with Gasteiger partial charge in [0.15, 0.2) is 0 Å². The Morgan fingerprint density at radius 3 is 1.82 bits per heavy atom. The van der Waals surface area contributed by atoms with Crippen molar-refractivity contribution < 1.29 is 23.2 Å². The van der Waals surface area contributed by atoms with Crippen LogP contribution >= 0.6 is 0 Å². The average molecular weight is 469 g/mol. The van der Waals surface area contributed by atoms with Gasteiger partial charge in [0.1, 0.15) is 16.4 Å². The Hall–Kier alpha value is -2.83. The van der Waals surface area contributed by atoms with Gasteiger partial charge in [0.2, 0.25) is 0 Å². The molecule has 0 aliphatic rings. The largest absolute Gasteiger partial charge is 0.507 e. The van der Waals surface area contributed by atoms with Crippen LogP contribution in [0.5, 0.6) is 11.5 Å². The molecule has 3 rings (SSSR count). The molecule has 3 N–H and O–H groups in total. The Bertz CT molecular complexity index is 1250. The van der Waals surface area contributed by atoms with E-state index in [4.69, 9.17) is 0 Å². The third-order valence-corrected chi connectivity index (χ3v) is 7.03. The predicted molar refractivity (Wildman–Crippen MR) is 132 cm³/mol. The number of phenolic OH excluding ortho intramolecular Hbond substituents is 2. The molecule has 3 aromatic rings. The van der Waals surface area contributed by atoms with Crippen LogP contribution in [0.15, 0.2) is 59.5 Å². The van der Waals surface area contributed by atoms with Crippen LogP contribution in [0.3, 0.4) is 0 Å². The van der Waals surface area contributed by atoms with E-state index in [0.29, 0.717) is 30.4 Å². The van der Waals surface area contributed by atoms with Gasteiger partial charge in [0.05, 0.1) is 0 Å². The van der Waals surface area contributed by atoms with Crippen LogP contribution in [0.25, 0.3) is 11.1 Å². The van der Waals surface area contributed by atoms with E-state index >= 15 is 0 Å². The molecule has 0 atom stereocenters. The lowest BCUT2D eigenvalue weighted by atomic mass is 9.76. The standard InChI is InChI=1S/C27H32O5S/c1-5-10-18-14-20(16-23(25(18)28)27(3,4)22-12-8-7-9-13-22)21-15-19(11-6-2)26(29)24(17-21)33(30,31)32/h7-9,12-17,28-29H,5-6,10-11H2,1-4H3,(H,30,31,32). The Morgan fingerprint density at radius 2 is 1.30 bits per heavy atom. The molecule has 33 heavy (non-hydrogen) atoms. The summed E-state index contributed by atoms with van der Waals surface area (Å²) in [5, 5.41) is 21.6. The van der Waals surface area contributed by atoms with E-state index in [1.54, 1.807) is 6.07 Å². The zero-order valence-corrected chi connectivity index (χ0v) is 20.4. The first-order chi connectivity index (χ1) is 15.5. The first-order valence-electron chi connectivity index (χ1n) is 11.3. The summed E-state index contributed by atoms with van der Waals surface area (Å²) < 4.78 is 33.7. The number of rotatable bonds is 8. The number of hydrogen-bond donors (Lipinski definition) is 3. The Labute approximate surface area is 196 Å². The van der Waals surface area contributed by atoms with Gasteiger partial charge in [-0.05, 0) is 64.9 Å². The van der Waals surface area contributed by atoms with Crippen LogP contribution in [-0.2, 0) is 28.4 Å². The molecule has 0 saturated heterocycles. The Kier molecular flexibility index (Phi) is 7.20. The van der Waals surface area contributed by atoms with Crippen LogP contribution < -0.4 is 0 Å². The molecule has 0 fully saturated rings. The van der Waals surface area contributed by atoms with E-state index in [2.05, 4.69) is 0 Å². The fourth-order valence-electron chi connectivity index (χ4n) is 4.30. The highest BCUT2D eigenvalue weighted by Gasteiger charge is 2.29. The topological polar surface area (TPSA) is 94.8 Å². The minimum atomic E-state index is -4.61.